The van der Waals surface area contributed by atoms with E-state index >= 15 is 8.78 Å². The van der Waals surface area contributed by atoms with Gasteiger partial charge in [0.15, 0.2) is 0 Å². The van der Waals surface area contributed by atoms with Crippen LogP contribution in [0.15, 0.2) is 60.7 Å². The average Bonchev–Trinajstić information content (AvgIpc) is 2.85. The van der Waals surface area contributed by atoms with Crippen molar-refractivity contribution >= 4 is 12.1 Å². The summed E-state index contributed by atoms with van der Waals surface area (Å²) in [6.07, 6.45) is 3.14. The first-order valence-electron chi connectivity index (χ1n) is 12.3. The molecule has 1 aliphatic rings. The van der Waals surface area contributed by atoms with E-state index in [0.717, 1.165) is 30.0 Å². The van der Waals surface area contributed by atoms with Gasteiger partial charge in [0.2, 0.25) is 0 Å². The molecule has 2 unspecified atom stereocenters. The van der Waals surface area contributed by atoms with Crippen LogP contribution in [0.1, 0.15) is 49.7 Å². The van der Waals surface area contributed by atoms with Crippen molar-refractivity contribution < 1.29 is 33.3 Å². The Balaban J connectivity index is 1.66. The van der Waals surface area contributed by atoms with E-state index in [4.69, 9.17) is 9.84 Å². The SMILES string of the molecule is Cc1ccccc1-c1cccc(C(F)(F)C(O)C=CC2CCOC(=O)N2CCCCCCC(=O)O)c1. The van der Waals surface area contributed by atoms with Crippen LogP contribution in [0.25, 0.3) is 11.1 Å². The van der Waals surface area contributed by atoms with Crippen LogP contribution in [0.3, 0.4) is 0 Å². The predicted molar refractivity (Wildman–Crippen MR) is 133 cm³/mol. The molecule has 6 nitrogen and oxygen atoms in total. The van der Waals surface area contributed by atoms with Gasteiger partial charge in [-0.25, -0.2) is 4.79 Å². The number of halogens is 2. The molecule has 194 valence electrons. The third-order valence-electron chi connectivity index (χ3n) is 6.40. The summed E-state index contributed by atoms with van der Waals surface area (Å²) in [5.41, 5.74) is 2.16. The topological polar surface area (TPSA) is 87.1 Å². The monoisotopic (exact) mass is 501 g/mol. The highest BCUT2D eigenvalue weighted by molar-refractivity contribution is 5.69. The van der Waals surface area contributed by atoms with Crippen molar-refractivity contribution in [1.29, 1.82) is 0 Å². The quantitative estimate of drug-likeness (QED) is 0.279. The Hall–Kier alpha value is -3.26. The number of carboxylic acid groups (broad SMARTS) is 1. The summed E-state index contributed by atoms with van der Waals surface area (Å²) < 4.78 is 35.5. The van der Waals surface area contributed by atoms with Crippen LogP contribution in [-0.2, 0) is 15.5 Å². The molecule has 0 bridgehead atoms. The Morgan fingerprint density at radius 3 is 2.67 bits per heavy atom. The lowest BCUT2D eigenvalue weighted by Crippen LogP contribution is -2.45. The highest BCUT2D eigenvalue weighted by Gasteiger charge is 2.39. The van der Waals surface area contributed by atoms with Crippen molar-refractivity contribution in [3.05, 3.63) is 71.8 Å². The Morgan fingerprint density at radius 1 is 1.17 bits per heavy atom. The first kappa shape index (κ1) is 27.3. The standard InChI is InChI=1S/C28H33F2NO5/c1-20-9-5-6-12-24(20)21-10-8-11-22(19-21)28(29,30)25(32)15-14-23-16-18-36-27(35)31(23)17-7-3-2-4-13-26(33)34/h5-6,8-12,14-15,19,23,25,32H,2-4,7,13,16-18H2,1H3,(H,33,34). The number of carboxylic acids is 1. The molecule has 8 heteroatoms. The predicted octanol–water partition coefficient (Wildman–Crippen LogP) is 5.92. The van der Waals surface area contributed by atoms with E-state index in [0.29, 0.717) is 31.4 Å². The molecule has 1 heterocycles. The lowest BCUT2D eigenvalue weighted by Gasteiger charge is -2.33. The zero-order valence-corrected chi connectivity index (χ0v) is 20.4. The van der Waals surface area contributed by atoms with E-state index in [-0.39, 0.29) is 18.6 Å². The maximum atomic E-state index is 15.2. The number of aliphatic hydroxyl groups excluding tert-OH is 1. The van der Waals surface area contributed by atoms with Gasteiger partial charge in [0, 0.05) is 24.9 Å². The highest BCUT2D eigenvalue weighted by Crippen LogP contribution is 2.35. The van der Waals surface area contributed by atoms with Crippen LogP contribution < -0.4 is 0 Å². The van der Waals surface area contributed by atoms with Crippen molar-refractivity contribution in [2.24, 2.45) is 0 Å². The molecule has 0 spiro atoms. The normalized spacial score (nSPS) is 17.3. The maximum Gasteiger partial charge on any atom is 0.410 e. The highest BCUT2D eigenvalue weighted by atomic mass is 19.3. The van der Waals surface area contributed by atoms with Gasteiger partial charge < -0.3 is 19.8 Å². The zero-order valence-electron chi connectivity index (χ0n) is 20.4. The summed E-state index contributed by atoms with van der Waals surface area (Å²) in [5.74, 6) is -4.36. The second-order valence-corrected chi connectivity index (χ2v) is 9.07. The van der Waals surface area contributed by atoms with Crippen LogP contribution >= 0.6 is 0 Å². The van der Waals surface area contributed by atoms with Crippen molar-refractivity contribution in [2.45, 2.75) is 63.5 Å². The number of rotatable bonds is 12. The number of ether oxygens (including phenoxy) is 1. The second-order valence-electron chi connectivity index (χ2n) is 9.07. The van der Waals surface area contributed by atoms with Gasteiger partial charge in [-0.3, -0.25) is 4.79 Å². The minimum Gasteiger partial charge on any atom is -0.481 e. The van der Waals surface area contributed by atoms with Gasteiger partial charge in [-0.2, -0.15) is 8.78 Å². The van der Waals surface area contributed by atoms with Crippen LogP contribution in [0, 0.1) is 6.92 Å². The van der Waals surface area contributed by atoms with Crippen LogP contribution in [0.5, 0.6) is 0 Å². The first-order chi connectivity index (χ1) is 17.2. The molecule has 2 aromatic rings. The zero-order chi connectivity index (χ0) is 26.1. The number of unbranched alkanes of at least 4 members (excludes halogenated alkanes) is 3. The van der Waals surface area contributed by atoms with E-state index in [2.05, 4.69) is 0 Å². The summed E-state index contributed by atoms with van der Waals surface area (Å²) in [6.45, 7) is 2.45. The van der Waals surface area contributed by atoms with Crippen molar-refractivity contribution in [1.82, 2.24) is 4.90 Å². The smallest absolute Gasteiger partial charge is 0.410 e. The third-order valence-corrected chi connectivity index (χ3v) is 6.40. The molecule has 1 fully saturated rings. The minimum atomic E-state index is -3.53. The van der Waals surface area contributed by atoms with E-state index in [1.807, 2.05) is 31.2 Å². The molecule has 1 aliphatic heterocycles. The average molecular weight is 502 g/mol. The number of benzene rings is 2. The van der Waals surface area contributed by atoms with Gasteiger partial charge >= 0.3 is 18.0 Å². The number of alkyl halides is 2. The molecular formula is C28H33F2NO5. The molecule has 36 heavy (non-hydrogen) atoms. The Bertz CT molecular complexity index is 1070. The molecule has 1 saturated heterocycles. The fourth-order valence-corrected chi connectivity index (χ4v) is 4.33. The van der Waals surface area contributed by atoms with Gasteiger partial charge in [0.05, 0.1) is 12.6 Å². The van der Waals surface area contributed by atoms with Crippen LogP contribution in [0.4, 0.5) is 13.6 Å². The van der Waals surface area contributed by atoms with Crippen LogP contribution in [-0.4, -0.2) is 52.5 Å². The molecule has 2 aromatic carbocycles. The second kappa shape index (κ2) is 12.6. The molecule has 2 atom stereocenters. The van der Waals surface area contributed by atoms with Gasteiger partial charge in [0.1, 0.15) is 6.10 Å². The Labute approximate surface area is 210 Å². The molecule has 0 aromatic heterocycles. The summed E-state index contributed by atoms with van der Waals surface area (Å²) in [5, 5.41) is 19.1. The summed E-state index contributed by atoms with van der Waals surface area (Å²) in [4.78, 5) is 24.3. The Morgan fingerprint density at radius 2 is 1.92 bits per heavy atom. The number of aliphatic carboxylic acids is 1. The van der Waals surface area contributed by atoms with E-state index in [9.17, 15) is 14.7 Å². The number of carbonyl (C=O) groups is 2. The number of hydrogen-bond donors (Lipinski definition) is 2. The molecule has 1 amide bonds. The third kappa shape index (κ3) is 7.13. The molecule has 3 rings (SSSR count). The molecular weight excluding hydrogens is 468 g/mol. The number of nitrogens with zero attached hydrogens (tertiary/aromatic N) is 1. The van der Waals surface area contributed by atoms with E-state index < -0.39 is 30.1 Å². The maximum absolute atomic E-state index is 15.2. The largest absolute Gasteiger partial charge is 0.481 e. The van der Waals surface area contributed by atoms with Gasteiger partial charge in [-0.1, -0.05) is 67.5 Å². The van der Waals surface area contributed by atoms with Crippen molar-refractivity contribution in [3.63, 3.8) is 0 Å². The van der Waals surface area contributed by atoms with Gasteiger partial charge in [-0.05, 0) is 42.5 Å². The number of aryl methyl sites for hydroxylation is 1. The molecule has 2 N–H and O–H groups in total. The van der Waals surface area contributed by atoms with Crippen molar-refractivity contribution in [2.75, 3.05) is 13.2 Å². The summed E-state index contributed by atoms with van der Waals surface area (Å²) in [7, 11) is 0. The summed E-state index contributed by atoms with van der Waals surface area (Å²) in [6, 6.07) is 13.1. The van der Waals surface area contributed by atoms with Crippen molar-refractivity contribution in [3.8, 4) is 11.1 Å². The molecule has 0 radical (unpaired) electrons. The lowest BCUT2D eigenvalue weighted by molar-refractivity contribution is -0.137. The number of cyclic esters (lactones) is 1. The number of hydrogen-bond acceptors (Lipinski definition) is 4. The van der Waals surface area contributed by atoms with E-state index in [1.165, 1.54) is 23.1 Å². The van der Waals surface area contributed by atoms with Gasteiger partial charge in [-0.15, -0.1) is 0 Å². The lowest BCUT2D eigenvalue weighted by atomic mass is 9.95. The summed E-state index contributed by atoms with van der Waals surface area (Å²) >= 11 is 0. The number of aliphatic hydroxyl groups is 1. The Kier molecular flexibility index (Phi) is 9.58. The molecule has 0 saturated carbocycles. The number of carbonyl (C=O) groups excluding carboxylic acids is 1. The minimum absolute atomic E-state index is 0.108. The van der Waals surface area contributed by atoms with E-state index in [1.54, 1.807) is 12.1 Å². The number of amides is 1. The van der Waals surface area contributed by atoms with Gasteiger partial charge in [0.25, 0.3) is 0 Å². The molecule has 0 aliphatic carbocycles. The van der Waals surface area contributed by atoms with Crippen LogP contribution in [0.2, 0.25) is 0 Å². The fourth-order valence-electron chi connectivity index (χ4n) is 4.33. The first-order valence-corrected chi connectivity index (χ1v) is 12.3. The fraction of sp³-hybridized carbons (Fsp3) is 0.429.